The number of benzene rings is 1. The molecule has 0 radical (unpaired) electrons. The minimum Gasteiger partial charge on any atom is -0.507 e. The van der Waals surface area contributed by atoms with Gasteiger partial charge in [-0.25, -0.2) is 0 Å². The summed E-state index contributed by atoms with van der Waals surface area (Å²) in [5.74, 6) is 0.326. The Bertz CT molecular complexity index is 986. The van der Waals surface area contributed by atoms with E-state index in [2.05, 4.69) is 49.8 Å². The van der Waals surface area contributed by atoms with Gasteiger partial charge in [-0.1, -0.05) is 59.9 Å². The summed E-state index contributed by atoms with van der Waals surface area (Å²) in [6, 6.07) is 2.60. The first-order chi connectivity index (χ1) is 18.7. The number of hydrogen-bond donors (Lipinski definition) is 2. The molecule has 0 saturated carbocycles. The number of aromatic nitrogens is 1. The maximum absolute atomic E-state index is 13.3. The second-order valence-corrected chi connectivity index (χ2v) is 10.4. The van der Waals surface area contributed by atoms with Crippen molar-refractivity contribution < 1.29 is 18.3 Å². The van der Waals surface area contributed by atoms with E-state index in [4.69, 9.17) is 0 Å². The van der Waals surface area contributed by atoms with Gasteiger partial charge in [0.1, 0.15) is 11.4 Å². The Labute approximate surface area is 234 Å². The second kappa shape index (κ2) is 16.9. The maximum atomic E-state index is 13.3. The van der Waals surface area contributed by atoms with Crippen LogP contribution in [0.15, 0.2) is 18.3 Å². The van der Waals surface area contributed by atoms with Crippen molar-refractivity contribution in [2.45, 2.75) is 112 Å². The first-order valence-electron chi connectivity index (χ1n) is 15.1. The third-order valence-electron chi connectivity index (χ3n) is 7.61. The average molecular weight is 550 g/mol. The Morgan fingerprint density at radius 2 is 1.38 bits per heavy atom. The number of phenolic OH excluding ortho intramolecular Hbond substituents is 1. The Morgan fingerprint density at radius 1 is 0.795 bits per heavy atom. The zero-order valence-electron chi connectivity index (χ0n) is 24.8. The minimum absolute atomic E-state index is 0.326. The summed E-state index contributed by atoms with van der Waals surface area (Å²) in [5, 5.41) is 15.3. The number of alkyl halides is 3. The van der Waals surface area contributed by atoms with Crippen molar-refractivity contribution in [2.24, 2.45) is 0 Å². The molecule has 7 heteroatoms. The SMILES string of the molecule is CCCCc1c(O)c(CCCC)c(-c2ccc(C(F)(F)F)nc2)c(CCCC)c1CNCCCN(CC)CC. The standard InChI is InChI=1S/C32H50F3N3O/c1-6-11-15-25-28(23-36-20-14-21-38(9-4)10-5)26(16-12-7-2)31(39)27(17-13-8-3)30(25)24-18-19-29(37-22-24)32(33,34)35/h18-19,22,36,39H,6-17,20-21,23H2,1-5H3. The molecule has 2 aromatic rings. The molecule has 0 aliphatic carbocycles. The van der Waals surface area contributed by atoms with Crippen LogP contribution < -0.4 is 5.32 Å². The van der Waals surface area contributed by atoms with Gasteiger partial charge in [0, 0.05) is 23.9 Å². The van der Waals surface area contributed by atoms with Crippen LogP contribution in [0.3, 0.4) is 0 Å². The zero-order chi connectivity index (χ0) is 28.8. The van der Waals surface area contributed by atoms with Gasteiger partial charge >= 0.3 is 6.18 Å². The Morgan fingerprint density at radius 3 is 1.90 bits per heavy atom. The topological polar surface area (TPSA) is 48.4 Å². The first kappa shape index (κ1) is 33.1. The van der Waals surface area contributed by atoms with Gasteiger partial charge in [-0.05, 0) is 99.4 Å². The van der Waals surface area contributed by atoms with Crippen molar-refractivity contribution >= 4 is 0 Å². The van der Waals surface area contributed by atoms with E-state index < -0.39 is 11.9 Å². The molecule has 0 amide bonds. The molecule has 0 aliphatic heterocycles. The van der Waals surface area contributed by atoms with Crippen molar-refractivity contribution in [3.05, 3.63) is 46.3 Å². The molecule has 0 fully saturated rings. The number of rotatable bonds is 18. The molecule has 0 bridgehead atoms. The first-order valence-corrected chi connectivity index (χ1v) is 15.1. The molecule has 220 valence electrons. The highest BCUT2D eigenvalue weighted by molar-refractivity contribution is 5.77. The highest BCUT2D eigenvalue weighted by atomic mass is 19.4. The van der Waals surface area contributed by atoms with Gasteiger partial charge in [0.05, 0.1) is 0 Å². The van der Waals surface area contributed by atoms with Gasteiger partial charge in [-0.15, -0.1) is 0 Å². The highest BCUT2D eigenvalue weighted by Gasteiger charge is 2.32. The van der Waals surface area contributed by atoms with Crippen LogP contribution in [-0.2, 0) is 32.0 Å². The van der Waals surface area contributed by atoms with Crippen LogP contribution in [-0.4, -0.2) is 41.2 Å². The predicted octanol–water partition coefficient (Wildman–Crippen LogP) is 8.32. The van der Waals surface area contributed by atoms with Crippen molar-refractivity contribution in [2.75, 3.05) is 26.2 Å². The molecule has 2 N–H and O–H groups in total. The smallest absolute Gasteiger partial charge is 0.433 e. The van der Waals surface area contributed by atoms with E-state index in [1.807, 2.05) is 0 Å². The normalized spacial score (nSPS) is 12.0. The summed E-state index contributed by atoms with van der Waals surface area (Å²) in [7, 11) is 0. The van der Waals surface area contributed by atoms with Gasteiger partial charge in [0.25, 0.3) is 0 Å². The molecule has 0 unspecified atom stereocenters. The van der Waals surface area contributed by atoms with Crippen LogP contribution in [0.2, 0.25) is 0 Å². The molecular weight excluding hydrogens is 499 g/mol. The fourth-order valence-corrected chi connectivity index (χ4v) is 5.26. The quantitative estimate of drug-likeness (QED) is 0.184. The van der Waals surface area contributed by atoms with Gasteiger partial charge in [0.2, 0.25) is 0 Å². The molecule has 39 heavy (non-hydrogen) atoms. The van der Waals surface area contributed by atoms with E-state index >= 15 is 0 Å². The molecule has 2 rings (SSSR count). The lowest BCUT2D eigenvalue weighted by Gasteiger charge is -2.26. The molecule has 1 heterocycles. The van der Waals surface area contributed by atoms with Crippen molar-refractivity contribution in [1.29, 1.82) is 0 Å². The Kier molecular flexibility index (Phi) is 14.3. The Balaban J connectivity index is 2.63. The molecular formula is C32H50F3N3O. The highest BCUT2D eigenvalue weighted by Crippen LogP contribution is 2.42. The van der Waals surface area contributed by atoms with Gasteiger partial charge in [-0.3, -0.25) is 4.98 Å². The number of pyridine rings is 1. The van der Waals surface area contributed by atoms with Crippen LogP contribution in [0.25, 0.3) is 11.1 Å². The van der Waals surface area contributed by atoms with Crippen LogP contribution >= 0.6 is 0 Å². The maximum Gasteiger partial charge on any atom is 0.433 e. The van der Waals surface area contributed by atoms with E-state index in [9.17, 15) is 18.3 Å². The zero-order valence-corrected chi connectivity index (χ0v) is 24.8. The number of halogens is 3. The third-order valence-corrected chi connectivity index (χ3v) is 7.61. The summed E-state index contributed by atoms with van der Waals surface area (Å²) in [6.07, 6.45) is 6.05. The number of aromatic hydroxyl groups is 1. The van der Waals surface area contributed by atoms with Crippen molar-refractivity contribution in [3.63, 3.8) is 0 Å². The van der Waals surface area contributed by atoms with E-state index in [0.717, 1.165) is 118 Å². The van der Waals surface area contributed by atoms with Gasteiger partial charge in [-0.2, -0.15) is 13.2 Å². The predicted molar refractivity (Wildman–Crippen MR) is 156 cm³/mol. The fourth-order valence-electron chi connectivity index (χ4n) is 5.26. The summed E-state index contributed by atoms with van der Waals surface area (Å²) in [4.78, 5) is 6.20. The lowest BCUT2D eigenvalue weighted by atomic mass is 9.82. The van der Waals surface area contributed by atoms with Gasteiger partial charge in [0.15, 0.2) is 0 Å². The van der Waals surface area contributed by atoms with E-state index in [-0.39, 0.29) is 0 Å². The van der Waals surface area contributed by atoms with Crippen LogP contribution in [0, 0.1) is 0 Å². The van der Waals surface area contributed by atoms with Crippen molar-refractivity contribution in [3.8, 4) is 16.9 Å². The molecule has 0 atom stereocenters. The molecule has 1 aromatic heterocycles. The van der Waals surface area contributed by atoms with E-state index in [1.54, 1.807) is 0 Å². The molecule has 1 aromatic carbocycles. The average Bonchev–Trinajstić information content (AvgIpc) is 2.92. The summed E-state index contributed by atoms with van der Waals surface area (Å²) in [6.45, 7) is 15.4. The molecule has 0 aliphatic rings. The lowest BCUT2D eigenvalue weighted by Crippen LogP contribution is -2.27. The van der Waals surface area contributed by atoms with Crippen molar-refractivity contribution in [1.82, 2.24) is 15.2 Å². The summed E-state index contributed by atoms with van der Waals surface area (Å²) >= 11 is 0. The molecule has 0 saturated heterocycles. The Hall–Kier alpha value is -2.12. The summed E-state index contributed by atoms with van der Waals surface area (Å²) < 4.78 is 39.9. The van der Waals surface area contributed by atoms with E-state index in [1.165, 1.54) is 12.3 Å². The number of unbranched alkanes of at least 4 members (excludes halogenated alkanes) is 3. The third kappa shape index (κ3) is 9.49. The summed E-state index contributed by atoms with van der Waals surface area (Å²) in [5.41, 5.74) is 4.79. The number of nitrogens with one attached hydrogen (secondary N) is 1. The number of hydrogen-bond acceptors (Lipinski definition) is 4. The van der Waals surface area contributed by atoms with Crippen LogP contribution in [0.4, 0.5) is 13.2 Å². The minimum atomic E-state index is -4.49. The lowest BCUT2D eigenvalue weighted by molar-refractivity contribution is -0.141. The van der Waals surface area contributed by atoms with Crippen LogP contribution in [0.5, 0.6) is 5.75 Å². The van der Waals surface area contributed by atoms with Crippen LogP contribution in [0.1, 0.15) is 108 Å². The largest absolute Gasteiger partial charge is 0.507 e. The fraction of sp³-hybridized carbons (Fsp3) is 0.656. The monoisotopic (exact) mass is 549 g/mol. The number of phenols is 1. The molecule has 0 spiro atoms. The second-order valence-electron chi connectivity index (χ2n) is 10.4. The number of nitrogens with zero attached hydrogens (tertiary/aromatic N) is 2. The van der Waals surface area contributed by atoms with E-state index in [0.29, 0.717) is 24.3 Å². The van der Waals surface area contributed by atoms with Gasteiger partial charge < -0.3 is 15.3 Å². The molecule has 4 nitrogen and oxygen atoms in total.